The number of carbonyl (C=O) groups excluding carboxylic acids is 1. The maximum Gasteiger partial charge on any atom is 0.222 e. The maximum absolute atomic E-state index is 11.8. The molecule has 1 unspecified atom stereocenters. The van der Waals surface area contributed by atoms with Gasteiger partial charge in [-0.3, -0.25) is 4.79 Å². The number of hydrogen-bond acceptors (Lipinski definition) is 3. The molecule has 0 aromatic rings. The van der Waals surface area contributed by atoms with Gasteiger partial charge in [-0.1, -0.05) is 39.0 Å². The minimum absolute atomic E-state index is 0. The number of rotatable bonds is 9. The first-order valence-electron chi connectivity index (χ1n) is 8.19. The molecule has 0 aromatic heterocycles. The van der Waals surface area contributed by atoms with Gasteiger partial charge in [0.2, 0.25) is 5.91 Å². The standard InChI is InChI=1S/C16H32N2O2.ClH/c1-3-4-5-13-6-8-14(9-7-13)12-18-16(19)10-15(11-17)20-2;/h13-15H,3-12,17H2,1-2H3,(H,18,19);1H. The molecule has 1 aliphatic carbocycles. The predicted molar refractivity (Wildman–Crippen MR) is 89.7 cm³/mol. The normalized spacial score (nSPS) is 23.2. The highest BCUT2D eigenvalue weighted by molar-refractivity contribution is 5.85. The third-order valence-electron chi connectivity index (χ3n) is 4.53. The Morgan fingerprint density at radius 2 is 1.90 bits per heavy atom. The molecule has 1 rings (SSSR count). The summed E-state index contributed by atoms with van der Waals surface area (Å²) in [6, 6.07) is 0. The molecule has 5 heteroatoms. The van der Waals surface area contributed by atoms with Crippen LogP contribution in [-0.2, 0) is 9.53 Å². The molecule has 1 fully saturated rings. The Balaban J connectivity index is 0.00000400. The molecule has 3 N–H and O–H groups in total. The van der Waals surface area contributed by atoms with Gasteiger partial charge in [0.15, 0.2) is 0 Å². The van der Waals surface area contributed by atoms with Crippen molar-refractivity contribution in [2.75, 3.05) is 20.2 Å². The van der Waals surface area contributed by atoms with Crippen LogP contribution in [0.4, 0.5) is 0 Å². The lowest BCUT2D eigenvalue weighted by atomic mass is 9.80. The third kappa shape index (κ3) is 8.64. The van der Waals surface area contributed by atoms with Crippen molar-refractivity contribution in [3.63, 3.8) is 0 Å². The van der Waals surface area contributed by atoms with E-state index in [0.29, 0.717) is 18.9 Å². The third-order valence-corrected chi connectivity index (χ3v) is 4.53. The first-order chi connectivity index (χ1) is 9.69. The van der Waals surface area contributed by atoms with Crippen LogP contribution in [0.25, 0.3) is 0 Å². The molecule has 1 aliphatic rings. The Kier molecular flexibility index (Phi) is 12.1. The topological polar surface area (TPSA) is 64.4 Å². The summed E-state index contributed by atoms with van der Waals surface area (Å²) >= 11 is 0. The number of halogens is 1. The zero-order valence-corrected chi connectivity index (χ0v) is 14.4. The van der Waals surface area contributed by atoms with Crippen LogP contribution in [0.1, 0.15) is 58.3 Å². The predicted octanol–water partition coefficient (Wildman–Crippen LogP) is 2.88. The monoisotopic (exact) mass is 320 g/mol. The van der Waals surface area contributed by atoms with Gasteiger partial charge in [-0.25, -0.2) is 0 Å². The Hall–Kier alpha value is -0.320. The summed E-state index contributed by atoms with van der Waals surface area (Å²) in [7, 11) is 1.60. The van der Waals surface area contributed by atoms with E-state index in [2.05, 4.69) is 12.2 Å². The van der Waals surface area contributed by atoms with E-state index in [-0.39, 0.29) is 24.4 Å². The molecule has 1 amide bonds. The first kappa shape index (κ1) is 20.7. The number of methoxy groups -OCH3 is 1. The van der Waals surface area contributed by atoms with Crippen molar-refractivity contribution in [1.29, 1.82) is 0 Å². The molecule has 0 saturated heterocycles. The molecule has 0 aliphatic heterocycles. The van der Waals surface area contributed by atoms with Crippen molar-refractivity contribution in [2.45, 2.75) is 64.4 Å². The quantitative estimate of drug-likeness (QED) is 0.686. The highest BCUT2D eigenvalue weighted by Gasteiger charge is 2.21. The second-order valence-corrected chi connectivity index (χ2v) is 6.13. The largest absolute Gasteiger partial charge is 0.380 e. The summed E-state index contributed by atoms with van der Waals surface area (Å²) in [4.78, 5) is 11.8. The maximum atomic E-state index is 11.8. The summed E-state index contributed by atoms with van der Waals surface area (Å²) in [6.45, 7) is 3.47. The van der Waals surface area contributed by atoms with E-state index >= 15 is 0 Å². The van der Waals surface area contributed by atoms with E-state index in [9.17, 15) is 4.79 Å². The molecule has 0 bridgehead atoms. The molecule has 0 aromatic carbocycles. The zero-order chi connectivity index (χ0) is 14.8. The van der Waals surface area contributed by atoms with Gasteiger partial charge in [-0.15, -0.1) is 12.4 Å². The van der Waals surface area contributed by atoms with E-state index in [0.717, 1.165) is 12.5 Å². The van der Waals surface area contributed by atoms with Crippen molar-refractivity contribution in [1.82, 2.24) is 5.32 Å². The average molecular weight is 321 g/mol. The summed E-state index contributed by atoms with van der Waals surface area (Å²) in [5.74, 6) is 1.66. The molecule has 1 atom stereocenters. The van der Waals surface area contributed by atoms with E-state index in [1.165, 1.54) is 44.9 Å². The number of hydrogen-bond donors (Lipinski definition) is 2. The van der Waals surface area contributed by atoms with Crippen LogP contribution in [0.2, 0.25) is 0 Å². The van der Waals surface area contributed by atoms with Crippen molar-refractivity contribution >= 4 is 18.3 Å². The molecular formula is C16H33ClN2O2. The molecule has 1 saturated carbocycles. The van der Waals surface area contributed by atoms with Gasteiger partial charge >= 0.3 is 0 Å². The van der Waals surface area contributed by atoms with Gasteiger partial charge in [0.05, 0.1) is 12.5 Å². The van der Waals surface area contributed by atoms with Crippen molar-refractivity contribution in [3.8, 4) is 0 Å². The second kappa shape index (κ2) is 12.2. The van der Waals surface area contributed by atoms with E-state index in [1.807, 2.05) is 0 Å². The van der Waals surface area contributed by atoms with E-state index < -0.39 is 0 Å². The van der Waals surface area contributed by atoms with Crippen molar-refractivity contribution < 1.29 is 9.53 Å². The molecule has 0 radical (unpaired) electrons. The number of ether oxygens (including phenoxy) is 1. The fraction of sp³-hybridized carbons (Fsp3) is 0.938. The van der Waals surface area contributed by atoms with Crippen LogP contribution in [0.15, 0.2) is 0 Å². The summed E-state index contributed by atoms with van der Waals surface area (Å²) in [5.41, 5.74) is 5.52. The van der Waals surface area contributed by atoms with Crippen molar-refractivity contribution in [3.05, 3.63) is 0 Å². The number of nitrogens with two attached hydrogens (primary N) is 1. The van der Waals surface area contributed by atoms with Gasteiger partial charge in [0.1, 0.15) is 0 Å². The average Bonchev–Trinajstić information content (AvgIpc) is 2.49. The fourth-order valence-electron chi connectivity index (χ4n) is 3.02. The highest BCUT2D eigenvalue weighted by Crippen LogP contribution is 2.31. The number of amides is 1. The van der Waals surface area contributed by atoms with Crippen LogP contribution in [-0.4, -0.2) is 32.2 Å². The molecule has 4 nitrogen and oxygen atoms in total. The number of nitrogens with one attached hydrogen (secondary N) is 1. The van der Waals surface area contributed by atoms with Crippen LogP contribution >= 0.6 is 12.4 Å². The minimum atomic E-state index is -0.153. The van der Waals surface area contributed by atoms with Crippen LogP contribution in [0.5, 0.6) is 0 Å². The van der Waals surface area contributed by atoms with Gasteiger partial charge < -0.3 is 15.8 Å². The Labute approximate surface area is 136 Å². The van der Waals surface area contributed by atoms with E-state index in [4.69, 9.17) is 10.5 Å². The Morgan fingerprint density at radius 3 is 2.43 bits per heavy atom. The number of carbonyl (C=O) groups is 1. The SMILES string of the molecule is CCCCC1CCC(CNC(=O)CC(CN)OC)CC1.Cl. The van der Waals surface area contributed by atoms with Gasteiger partial charge in [-0.05, 0) is 24.7 Å². The van der Waals surface area contributed by atoms with Gasteiger partial charge in [0.25, 0.3) is 0 Å². The minimum Gasteiger partial charge on any atom is -0.380 e. The lowest BCUT2D eigenvalue weighted by molar-refractivity contribution is -0.123. The van der Waals surface area contributed by atoms with Crippen molar-refractivity contribution in [2.24, 2.45) is 17.6 Å². The molecule has 0 heterocycles. The highest BCUT2D eigenvalue weighted by atomic mass is 35.5. The second-order valence-electron chi connectivity index (χ2n) is 6.13. The van der Waals surface area contributed by atoms with Crippen LogP contribution < -0.4 is 11.1 Å². The lowest BCUT2D eigenvalue weighted by Crippen LogP contribution is -2.35. The molecule has 126 valence electrons. The Morgan fingerprint density at radius 1 is 1.29 bits per heavy atom. The summed E-state index contributed by atoms with van der Waals surface area (Å²) in [5, 5.41) is 3.03. The van der Waals surface area contributed by atoms with Crippen LogP contribution in [0, 0.1) is 11.8 Å². The lowest BCUT2D eigenvalue weighted by Gasteiger charge is -2.28. The fourth-order valence-corrected chi connectivity index (χ4v) is 3.02. The Bertz CT molecular complexity index is 265. The first-order valence-corrected chi connectivity index (χ1v) is 8.19. The molecule has 0 spiro atoms. The summed E-state index contributed by atoms with van der Waals surface area (Å²) < 4.78 is 5.13. The van der Waals surface area contributed by atoms with Gasteiger partial charge in [-0.2, -0.15) is 0 Å². The molecule has 21 heavy (non-hydrogen) atoms. The molecular weight excluding hydrogens is 288 g/mol. The summed E-state index contributed by atoms with van der Waals surface area (Å²) in [6.07, 6.45) is 9.48. The van der Waals surface area contributed by atoms with Crippen LogP contribution in [0.3, 0.4) is 0 Å². The van der Waals surface area contributed by atoms with Gasteiger partial charge in [0, 0.05) is 20.2 Å². The number of unbranched alkanes of at least 4 members (excludes halogenated alkanes) is 1. The smallest absolute Gasteiger partial charge is 0.222 e. The van der Waals surface area contributed by atoms with E-state index in [1.54, 1.807) is 7.11 Å². The zero-order valence-electron chi connectivity index (χ0n) is 13.6.